The molecule has 0 saturated heterocycles. The van der Waals surface area contributed by atoms with Crippen molar-refractivity contribution in [3.8, 4) is 0 Å². The molecule has 0 fully saturated rings. The number of likely N-dealkylation sites (N-methyl/N-ethyl adjacent to an activating group) is 1. The van der Waals surface area contributed by atoms with E-state index in [1.807, 2.05) is 0 Å². The summed E-state index contributed by atoms with van der Waals surface area (Å²) in [5.41, 5.74) is -1.43. The molecule has 0 aliphatic carbocycles. The lowest BCUT2D eigenvalue weighted by molar-refractivity contribution is -0.174. The van der Waals surface area contributed by atoms with Crippen LogP contribution in [0.15, 0.2) is 30.4 Å². The summed E-state index contributed by atoms with van der Waals surface area (Å²) in [6.07, 6.45) is -2.43. The van der Waals surface area contributed by atoms with Gasteiger partial charge in [0.25, 0.3) is 5.91 Å². The molecule has 1 unspecified atom stereocenters. The van der Waals surface area contributed by atoms with E-state index in [0.717, 1.165) is 18.2 Å². The van der Waals surface area contributed by atoms with Gasteiger partial charge in [0.15, 0.2) is 5.54 Å². The Labute approximate surface area is 135 Å². The Morgan fingerprint density at radius 2 is 1.96 bits per heavy atom. The fraction of sp³-hybridized carbons (Fsp3) is 0.375. The van der Waals surface area contributed by atoms with Crippen LogP contribution < -0.4 is 4.90 Å². The van der Waals surface area contributed by atoms with E-state index in [0.29, 0.717) is 10.6 Å². The van der Waals surface area contributed by atoms with Crippen molar-refractivity contribution in [2.45, 2.75) is 25.1 Å². The average molecular weight is 342 g/mol. The molecule has 0 bridgehead atoms. The maximum Gasteiger partial charge on any atom is 0.406 e. The van der Waals surface area contributed by atoms with Gasteiger partial charge in [0.2, 0.25) is 5.91 Å². The summed E-state index contributed by atoms with van der Waals surface area (Å²) in [7, 11) is 0. The molecule has 4 nitrogen and oxygen atoms in total. The highest BCUT2D eigenvalue weighted by Crippen LogP contribution is 2.48. The topological polar surface area (TPSA) is 40.6 Å². The molecule has 0 aromatic heterocycles. The van der Waals surface area contributed by atoms with E-state index < -0.39 is 35.9 Å². The zero-order chi connectivity index (χ0) is 17.7. The van der Waals surface area contributed by atoms with E-state index in [-0.39, 0.29) is 18.5 Å². The second-order valence-electron chi connectivity index (χ2n) is 5.72. The van der Waals surface area contributed by atoms with Gasteiger partial charge >= 0.3 is 6.18 Å². The Bertz CT molecular complexity index is 744. The Morgan fingerprint density at radius 1 is 1.25 bits per heavy atom. The smallest absolute Gasteiger partial charge is 0.311 e. The highest BCUT2D eigenvalue weighted by Gasteiger charge is 2.58. The normalized spacial score (nSPS) is 23.4. The van der Waals surface area contributed by atoms with Crippen LogP contribution in [0.1, 0.15) is 18.9 Å². The molecular weight excluding hydrogens is 328 g/mol. The number of rotatable bonds is 2. The number of benzene rings is 1. The third-order valence-electron chi connectivity index (χ3n) is 4.35. The second-order valence-corrected chi connectivity index (χ2v) is 5.72. The molecule has 2 aliphatic heterocycles. The molecule has 1 spiro atoms. The summed E-state index contributed by atoms with van der Waals surface area (Å²) in [6, 6.07) is 3.54. The van der Waals surface area contributed by atoms with Crippen molar-refractivity contribution in [3.05, 3.63) is 41.7 Å². The highest BCUT2D eigenvalue weighted by atomic mass is 19.4. The summed E-state index contributed by atoms with van der Waals surface area (Å²) in [6.45, 7) is 0.297. The standard InChI is InChI=1S/C16H14F4N2O2/c1-2-21-12-6-5-10(17)8-11(12)15(14(21)24)7-3-4-13(23)22(15)9-16(18,19)20/h3-6,8H,2,7,9H2,1H3. The second kappa shape index (κ2) is 5.32. The van der Waals surface area contributed by atoms with Crippen LogP contribution in [-0.4, -0.2) is 36.0 Å². The van der Waals surface area contributed by atoms with E-state index in [4.69, 9.17) is 0 Å². The zero-order valence-corrected chi connectivity index (χ0v) is 12.7. The van der Waals surface area contributed by atoms with Crippen molar-refractivity contribution in [2.75, 3.05) is 18.0 Å². The Balaban J connectivity index is 2.23. The predicted molar refractivity (Wildman–Crippen MR) is 77.6 cm³/mol. The molecule has 0 saturated carbocycles. The maximum absolute atomic E-state index is 13.7. The highest BCUT2D eigenvalue weighted by molar-refractivity contribution is 6.11. The zero-order valence-electron chi connectivity index (χ0n) is 12.7. The minimum absolute atomic E-state index is 0.0938. The van der Waals surface area contributed by atoms with Crippen LogP contribution in [-0.2, 0) is 15.1 Å². The van der Waals surface area contributed by atoms with Gasteiger partial charge in [0, 0.05) is 18.5 Å². The number of hydrogen-bond acceptors (Lipinski definition) is 2. The van der Waals surface area contributed by atoms with Crippen LogP contribution in [0, 0.1) is 5.82 Å². The first-order valence-corrected chi connectivity index (χ1v) is 7.37. The monoisotopic (exact) mass is 342 g/mol. The molecule has 128 valence electrons. The molecule has 2 aliphatic rings. The van der Waals surface area contributed by atoms with Gasteiger partial charge < -0.3 is 9.80 Å². The third-order valence-corrected chi connectivity index (χ3v) is 4.35. The lowest BCUT2D eigenvalue weighted by Crippen LogP contribution is -2.58. The quantitative estimate of drug-likeness (QED) is 0.776. The van der Waals surface area contributed by atoms with Crippen molar-refractivity contribution < 1.29 is 27.2 Å². The SMILES string of the molecule is CCN1C(=O)C2(CC=CC(=O)N2CC(F)(F)F)c2cc(F)ccc21. The number of alkyl halides is 3. The van der Waals surface area contributed by atoms with Crippen LogP contribution in [0.3, 0.4) is 0 Å². The maximum atomic E-state index is 13.7. The van der Waals surface area contributed by atoms with E-state index in [9.17, 15) is 27.2 Å². The summed E-state index contributed by atoms with van der Waals surface area (Å²) in [5.74, 6) is -2.24. The molecule has 0 radical (unpaired) electrons. The third kappa shape index (κ3) is 2.28. The number of amides is 2. The van der Waals surface area contributed by atoms with Crippen molar-refractivity contribution in [3.63, 3.8) is 0 Å². The molecule has 8 heteroatoms. The van der Waals surface area contributed by atoms with E-state index in [1.54, 1.807) is 6.92 Å². The van der Waals surface area contributed by atoms with E-state index in [1.165, 1.54) is 17.0 Å². The molecule has 1 aromatic rings. The molecule has 0 N–H and O–H groups in total. The Morgan fingerprint density at radius 3 is 2.58 bits per heavy atom. The molecule has 24 heavy (non-hydrogen) atoms. The first kappa shape index (κ1) is 16.5. The van der Waals surface area contributed by atoms with Gasteiger partial charge in [-0.1, -0.05) is 6.08 Å². The number of anilines is 1. The van der Waals surface area contributed by atoms with Crippen molar-refractivity contribution >= 4 is 17.5 Å². The first-order valence-electron chi connectivity index (χ1n) is 7.37. The van der Waals surface area contributed by atoms with Crippen LogP contribution in [0.5, 0.6) is 0 Å². The lowest BCUT2D eigenvalue weighted by Gasteiger charge is -2.41. The van der Waals surface area contributed by atoms with Gasteiger partial charge in [0.05, 0.1) is 5.69 Å². The van der Waals surface area contributed by atoms with Gasteiger partial charge in [-0.05, 0) is 31.2 Å². The number of carbonyl (C=O) groups is 2. The van der Waals surface area contributed by atoms with Crippen LogP contribution >= 0.6 is 0 Å². The largest absolute Gasteiger partial charge is 0.406 e. The fourth-order valence-electron chi connectivity index (χ4n) is 3.41. The molecule has 1 aromatic carbocycles. The number of hydrogen-bond donors (Lipinski definition) is 0. The summed E-state index contributed by atoms with van der Waals surface area (Å²) < 4.78 is 52.7. The Kier molecular flexibility index (Phi) is 3.65. The number of carbonyl (C=O) groups excluding carboxylic acids is 2. The molecule has 3 rings (SSSR count). The van der Waals surface area contributed by atoms with E-state index in [2.05, 4.69) is 0 Å². The molecule has 1 atom stereocenters. The van der Waals surface area contributed by atoms with Gasteiger partial charge in [-0.3, -0.25) is 9.59 Å². The first-order chi connectivity index (χ1) is 11.2. The van der Waals surface area contributed by atoms with Crippen molar-refractivity contribution in [2.24, 2.45) is 0 Å². The number of halogens is 4. The van der Waals surface area contributed by atoms with Gasteiger partial charge in [-0.2, -0.15) is 13.2 Å². The van der Waals surface area contributed by atoms with Crippen LogP contribution in [0.2, 0.25) is 0 Å². The number of nitrogens with zero attached hydrogens (tertiary/aromatic N) is 2. The Hall–Kier alpha value is -2.38. The predicted octanol–water partition coefficient (Wildman–Crippen LogP) is 2.74. The average Bonchev–Trinajstić information content (AvgIpc) is 2.71. The number of fused-ring (bicyclic) bond motifs is 2. The van der Waals surface area contributed by atoms with E-state index >= 15 is 0 Å². The van der Waals surface area contributed by atoms with Crippen LogP contribution in [0.4, 0.5) is 23.2 Å². The van der Waals surface area contributed by atoms with Gasteiger partial charge in [0.1, 0.15) is 12.4 Å². The van der Waals surface area contributed by atoms with Gasteiger partial charge in [-0.15, -0.1) is 0 Å². The summed E-state index contributed by atoms with van der Waals surface area (Å²) in [5, 5.41) is 0. The summed E-state index contributed by atoms with van der Waals surface area (Å²) >= 11 is 0. The minimum atomic E-state index is -4.68. The van der Waals surface area contributed by atoms with Crippen molar-refractivity contribution in [1.29, 1.82) is 0 Å². The molecular formula is C16H14F4N2O2. The van der Waals surface area contributed by atoms with Gasteiger partial charge in [-0.25, -0.2) is 4.39 Å². The molecule has 2 amide bonds. The summed E-state index contributed by atoms with van der Waals surface area (Å²) in [4.78, 5) is 26.9. The lowest BCUT2D eigenvalue weighted by atomic mass is 9.83. The molecule has 2 heterocycles. The van der Waals surface area contributed by atoms with Crippen molar-refractivity contribution in [1.82, 2.24) is 4.90 Å². The fourth-order valence-corrected chi connectivity index (χ4v) is 3.41. The van der Waals surface area contributed by atoms with Crippen LogP contribution in [0.25, 0.3) is 0 Å². The minimum Gasteiger partial charge on any atom is -0.311 e.